The highest BCUT2D eigenvalue weighted by Crippen LogP contribution is 2.30. The van der Waals surface area contributed by atoms with Gasteiger partial charge in [-0.3, -0.25) is 4.79 Å². The monoisotopic (exact) mass is 452 g/mol. The third-order valence-electron chi connectivity index (χ3n) is 5.09. The molecule has 0 aliphatic heterocycles. The number of amides is 1. The van der Waals surface area contributed by atoms with Gasteiger partial charge in [-0.1, -0.05) is 66.7 Å². The van der Waals surface area contributed by atoms with E-state index in [-0.39, 0.29) is 12.3 Å². The van der Waals surface area contributed by atoms with Crippen molar-refractivity contribution in [3.05, 3.63) is 108 Å². The molecule has 0 aliphatic rings. The van der Waals surface area contributed by atoms with Crippen molar-refractivity contribution in [2.75, 3.05) is 6.61 Å². The summed E-state index contributed by atoms with van der Waals surface area (Å²) in [4.78, 5) is 25.0. The van der Waals surface area contributed by atoms with Gasteiger partial charge in [0.15, 0.2) is 11.5 Å². The molecule has 0 saturated heterocycles. The van der Waals surface area contributed by atoms with E-state index in [1.165, 1.54) is 6.21 Å². The van der Waals surface area contributed by atoms with Crippen molar-refractivity contribution >= 4 is 28.9 Å². The third-order valence-corrected chi connectivity index (χ3v) is 5.09. The molecule has 0 aliphatic carbocycles. The average Bonchev–Trinajstić information content (AvgIpc) is 2.86. The summed E-state index contributed by atoms with van der Waals surface area (Å²) in [7, 11) is 0. The number of hydrogen-bond donors (Lipinski definition) is 1. The van der Waals surface area contributed by atoms with Gasteiger partial charge in [0.05, 0.1) is 24.8 Å². The smallest absolute Gasteiger partial charge is 0.344 e. The summed E-state index contributed by atoms with van der Waals surface area (Å²) in [5, 5.41) is 5.81. The second kappa shape index (κ2) is 10.9. The second-order valence-corrected chi connectivity index (χ2v) is 7.51. The van der Waals surface area contributed by atoms with Crippen LogP contribution in [0.15, 0.2) is 96.1 Å². The number of esters is 1. The maximum absolute atomic E-state index is 12.9. The van der Waals surface area contributed by atoms with E-state index in [1.807, 2.05) is 73.7 Å². The van der Waals surface area contributed by atoms with Gasteiger partial charge in [-0.05, 0) is 53.1 Å². The lowest BCUT2D eigenvalue weighted by Crippen LogP contribution is -2.19. The van der Waals surface area contributed by atoms with Gasteiger partial charge in [-0.2, -0.15) is 5.10 Å². The van der Waals surface area contributed by atoms with E-state index < -0.39 is 5.97 Å². The highest BCUT2D eigenvalue weighted by molar-refractivity contribution is 6.05. The topological polar surface area (TPSA) is 77.0 Å². The maximum atomic E-state index is 12.9. The van der Waals surface area contributed by atoms with Crippen LogP contribution in [0.3, 0.4) is 0 Å². The molecule has 0 heterocycles. The maximum Gasteiger partial charge on any atom is 0.344 e. The normalized spacial score (nSPS) is 10.9. The van der Waals surface area contributed by atoms with E-state index in [9.17, 15) is 9.59 Å². The lowest BCUT2D eigenvalue weighted by Gasteiger charge is -2.12. The Kier molecular flexibility index (Phi) is 7.30. The van der Waals surface area contributed by atoms with Gasteiger partial charge in [0, 0.05) is 0 Å². The van der Waals surface area contributed by atoms with Crippen molar-refractivity contribution in [2.45, 2.75) is 13.3 Å². The van der Waals surface area contributed by atoms with E-state index in [1.54, 1.807) is 24.3 Å². The van der Waals surface area contributed by atoms with Crippen LogP contribution in [0.25, 0.3) is 10.8 Å². The van der Waals surface area contributed by atoms with Crippen LogP contribution in [-0.2, 0) is 11.2 Å². The lowest BCUT2D eigenvalue weighted by atomic mass is 10.0. The molecular formula is C28H24N2O4. The second-order valence-electron chi connectivity index (χ2n) is 7.51. The van der Waals surface area contributed by atoms with Gasteiger partial charge in [0.2, 0.25) is 5.91 Å². The van der Waals surface area contributed by atoms with Crippen molar-refractivity contribution in [2.24, 2.45) is 5.10 Å². The molecule has 0 fully saturated rings. The highest BCUT2D eigenvalue weighted by atomic mass is 16.6. The molecule has 0 saturated carbocycles. The van der Waals surface area contributed by atoms with Crippen LogP contribution in [0, 0.1) is 0 Å². The van der Waals surface area contributed by atoms with E-state index in [0.29, 0.717) is 29.2 Å². The first-order chi connectivity index (χ1) is 16.6. The fourth-order valence-corrected chi connectivity index (χ4v) is 3.52. The molecular weight excluding hydrogens is 428 g/mol. The summed E-state index contributed by atoms with van der Waals surface area (Å²) in [5.41, 5.74) is 4.60. The van der Waals surface area contributed by atoms with E-state index in [4.69, 9.17) is 9.47 Å². The number of benzene rings is 4. The zero-order valence-corrected chi connectivity index (χ0v) is 18.7. The summed E-state index contributed by atoms with van der Waals surface area (Å²) in [6.07, 6.45) is 1.76. The first-order valence-electron chi connectivity index (χ1n) is 11.0. The van der Waals surface area contributed by atoms with Crippen LogP contribution in [-0.4, -0.2) is 24.7 Å². The van der Waals surface area contributed by atoms with Crippen molar-refractivity contribution in [3.63, 3.8) is 0 Å². The molecule has 0 aromatic heterocycles. The molecule has 0 unspecified atom stereocenters. The Balaban J connectivity index is 1.46. The van der Waals surface area contributed by atoms with Crippen molar-refractivity contribution in [1.29, 1.82) is 0 Å². The van der Waals surface area contributed by atoms with Crippen molar-refractivity contribution in [3.8, 4) is 11.5 Å². The number of carbonyl (C=O) groups is 2. The number of carbonyl (C=O) groups excluding carboxylic acids is 2. The summed E-state index contributed by atoms with van der Waals surface area (Å²) < 4.78 is 11.4. The zero-order valence-electron chi connectivity index (χ0n) is 18.7. The van der Waals surface area contributed by atoms with Crippen molar-refractivity contribution in [1.82, 2.24) is 5.43 Å². The predicted molar refractivity (Wildman–Crippen MR) is 132 cm³/mol. The van der Waals surface area contributed by atoms with Gasteiger partial charge in [-0.15, -0.1) is 0 Å². The molecule has 34 heavy (non-hydrogen) atoms. The minimum atomic E-state index is -0.465. The number of nitrogens with zero attached hydrogens (tertiary/aromatic N) is 1. The van der Waals surface area contributed by atoms with Gasteiger partial charge >= 0.3 is 5.97 Å². The van der Waals surface area contributed by atoms with Crippen LogP contribution in [0.5, 0.6) is 11.5 Å². The Morgan fingerprint density at radius 2 is 1.65 bits per heavy atom. The molecule has 6 heteroatoms. The molecule has 0 atom stereocenters. The van der Waals surface area contributed by atoms with Gasteiger partial charge in [0.25, 0.3) is 0 Å². The number of hydrogen-bond acceptors (Lipinski definition) is 5. The van der Waals surface area contributed by atoms with Gasteiger partial charge in [0.1, 0.15) is 0 Å². The minimum absolute atomic E-state index is 0.215. The van der Waals surface area contributed by atoms with Crippen LogP contribution >= 0.6 is 0 Å². The van der Waals surface area contributed by atoms with Gasteiger partial charge < -0.3 is 9.47 Å². The van der Waals surface area contributed by atoms with Crippen LogP contribution in [0.4, 0.5) is 0 Å². The van der Waals surface area contributed by atoms with Crippen LogP contribution < -0.4 is 14.9 Å². The Labute approximate surface area is 197 Å². The standard InChI is InChI=1S/C28H24N2O4/c1-2-33-26-17-21(19-29-30-27(31)18-20-9-4-3-5-10-20)15-16-25(26)34-28(32)24-14-8-12-22-11-6-7-13-23(22)24/h3-17,19H,2,18H2,1H3,(H,30,31). The van der Waals surface area contributed by atoms with E-state index >= 15 is 0 Å². The molecule has 1 N–H and O–H groups in total. The number of rotatable bonds is 8. The Bertz CT molecular complexity index is 1330. The number of fused-ring (bicyclic) bond motifs is 1. The van der Waals surface area contributed by atoms with E-state index in [0.717, 1.165) is 16.3 Å². The molecule has 0 bridgehead atoms. The summed E-state index contributed by atoms with van der Waals surface area (Å²) in [6, 6.07) is 27.7. The zero-order chi connectivity index (χ0) is 23.8. The summed E-state index contributed by atoms with van der Waals surface area (Å²) >= 11 is 0. The molecule has 4 aromatic carbocycles. The fourth-order valence-electron chi connectivity index (χ4n) is 3.52. The Morgan fingerprint density at radius 3 is 2.47 bits per heavy atom. The van der Waals surface area contributed by atoms with Crippen molar-refractivity contribution < 1.29 is 19.1 Å². The Morgan fingerprint density at radius 1 is 0.882 bits per heavy atom. The number of nitrogens with one attached hydrogen (secondary N) is 1. The quantitative estimate of drug-likeness (QED) is 0.174. The molecule has 0 radical (unpaired) electrons. The van der Waals surface area contributed by atoms with Crippen LogP contribution in [0.2, 0.25) is 0 Å². The molecule has 4 aromatic rings. The fraction of sp³-hybridized carbons (Fsp3) is 0.107. The lowest BCUT2D eigenvalue weighted by molar-refractivity contribution is -0.120. The molecule has 1 amide bonds. The van der Waals surface area contributed by atoms with Gasteiger partial charge in [-0.25, -0.2) is 10.2 Å². The first-order valence-corrected chi connectivity index (χ1v) is 11.0. The largest absolute Gasteiger partial charge is 0.490 e. The SMILES string of the molecule is CCOc1cc(C=NNC(=O)Cc2ccccc2)ccc1OC(=O)c1cccc2ccccc12. The molecule has 6 nitrogen and oxygen atoms in total. The minimum Gasteiger partial charge on any atom is -0.490 e. The third kappa shape index (κ3) is 5.66. The number of hydrazone groups is 1. The van der Waals surface area contributed by atoms with Crippen LogP contribution in [0.1, 0.15) is 28.4 Å². The summed E-state index contributed by atoms with van der Waals surface area (Å²) in [5.74, 6) is 0.0427. The Hall–Kier alpha value is -4.45. The predicted octanol–water partition coefficient (Wildman–Crippen LogP) is 5.15. The first kappa shape index (κ1) is 22.7. The number of ether oxygens (including phenoxy) is 2. The highest BCUT2D eigenvalue weighted by Gasteiger charge is 2.15. The molecule has 170 valence electrons. The molecule has 4 rings (SSSR count). The van der Waals surface area contributed by atoms with E-state index in [2.05, 4.69) is 10.5 Å². The summed E-state index contributed by atoms with van der Waals surface area (Å²) in [6.45, 7) is 2.24. The molecule has 0 spiro atoms. The average molecular weight is 453 g/mol.